The number of carbonyl (C=O) groups is 1. The second-order valence-corrected chi connectivity index (χ2v) is 9.22. The van der Waals surface area contributed by atoms with Crippen molar-refractivity contribution in [3.63, 3.8) is 0 Å². The van der Waals surface area contributed by atoms with Crippen molar-refractivity contribution in [2.75, 3.05) is 19.7 Å². The van der Waals surface area contributed by atoms with Crippen LogP contribution in [0.15, 0.2) is 28.7 Å². The third kappa shape index (κ3) is 4.63. The van der Waals surface area contributed by atoms with Crippen molar-refractivity contribution in [2.45, 2.75) is 51.2 Å². The highest BCUT2D eigenvalue weighted by Gasteiger charge is 2.45. The lowest BCUT2D eigenvalue weighted by Gasteiger charge is -2.42. The molecule has 1 aromatic rings. The summed E-state index contributed by atoms with van der Waals surface area (Å²) in [4.78, 5) is 12.2. The van der Waals surface area contributed by atoms with Crippen molar-refractivity contribution < 1.29 is 14.3 Å². The van der Waals surface area contributed by atoms with E-state index in [0.29, 0.717) is 5.92 Å². The number of ether oxygens (including phenoxy) is 2. The van der Waals surface area contributed by atoms with Gasteiger partial charge in [0.1, 0.15) is 12.2 Å². The lowest BCUT2D eigenvalue weighted by Crippen LogP contribution is -2.41. The first-order valence-corrected chi connectivity index (χ1v) is 9.89. The summed E-state index contributed by atoms with van der Waals surface area (Å²) < 4.78 is 12.8. The lowest BCUT2D eigenvalue weighted by atomic mass is 9.70. The summed E-state index contributed by atoms with van der Waals surface area (Å²) in [7, 11) is 0. The Hall–Kier alpha value is -0.910. The predicted molar refractivity (Wildman–Crippen MR) is 101 cm³/mol. The van der Waals surface area contributed by atoms with Crippen LogP contribution in [0, 0.1) is 11.8 Å². The molecular formula is C20H28BrNO3. The van der Waals surface area contributed by atoms with Crippen LogP contribution < -0.4 is 5.32 Å². The molecule has 1 aromatic carbocycles. The van der Waals surface area contributed by atoms with Gasteiger partial charge in [-0.3, -0.25) is 0 Å². The van der Waals surface area contributed by atoms with Gasteiger partial charge in [-0.05, 0) is 82.7 Å². The molecule has 5 heteroatoms. The summed E-state index contributed by atoms with van der Waals surface area (Å²) in [6.07, 6.45) is 3.01. The van der Waals surface area contributed by atoms with E-state index >= 15 is 0 Å². The zero-order chi connectivity index (χ0) is 18.1. The Bertz CT molecular complexity index is 628. The van der Waals surface area contributed by atoms with Gasteiger partial charge >= 0.3 is 5.97 Å². The average Bonchev–Trinajstić information content (AvgIpc) is 2.98. The third-order valence-corrected chi connectivity index (χ3v) is 5.72. The molecule has 25 heavy (non-hydrogen) atoms. The van der Waals surface area contributed by atoms with Crippen molar-refractivity contribution in [2.24, 2.45) is 11.8 Å². The molecule has 0 aromatic heterocycles. The second-order valence-electron chi connectivity index (χ2n) is 8.30. The first-order chi connectivity index (χ1) is 11.8. The van der Waals surface area contributed by atoms with Gasteiger partial charge in [0, 0.05) is 4.47 Å². The van der Waals surface area contributed by atoms with Crippen molar-refractivity contribution in [3.8, 4) is 0 Å². The van der Waals surface area contributed by atoms with E-state index in [-0.39, 0.29) is 12.6 Å². The van der Waals surface area contributed by atoms with Crippen molar-refractivity contribution in [3.05, 3.63) is 34.3 Å². The highest BCUT2D eigenvalue weighted by atomic mass is 79.9. The van der Waals surface area contributed by atoms with E-state index in [1.807, 2.05) is 32.9 Å². The van der Waals surface area contributed by atoms with Crippen molar-refractivity contribution in [1.29, 1.82) is 0 Å². The summed E-state index contributed by atoms with van der Waals surface area (Å²) in [6, 6.07) is 8.30. The number of hydrogen-bond acceptors (Lipinski definition) is 4. The molecule has 0 radical (unpaired) electrons. The van der Waals surface area contributed by atoms with Crippen LogP contribution in [-0.4, -0.2) is 31.3 Å². The average molecular weight is 410 g/mol. The summed E-state index contributed by atoms with van der Waals surface area (Å²) >= 11 is 3.57. The van der Waals surface area contributed by atoms with Gasteiger partial charge in [-0.1, -0.05) is 28.1 Å². The fourth-order valence-corrected chi connectivity index (χ4v) is 4.52. The van der Waals surface area contributed by atoms with E-state index in [1.165, 1.54) is 0 Å². The Labute approximate surface area is 158 Å². The molecule has 2 aliphatic rings. The standard InChI is InChI=1S/C20H28BrNO3/c1-19(2,3)25-18(23)13-24-20(16-5-4-6-17(21)9-16)8-7-14-11-22-12-15(14)10-20/h4-6,9,14-15,22H,7-8,10-13H2,1-3H3. The predicted octanol–water partition coefficient (Wildman–Crippen LogP) is 4.02. The molecule has 3 atom stereocenters. The Morgan fingerprint density at radius 1 is 1.32 bits per heavy atom. The highest BCUT2D eigenvalue weighted by Crippen LogP contribution is 2.47. The first-order valence-electron chi connectivity index (χ1n) is 9.10. The van der Waals surface area contributed by atoms with Gasteiger partial charge in [-0.15, -0.1) is 0 Å². The number of rotatable bonds is 4. The number of benzene rings is 1. The van der Waals surface area contributed by atoms with Crippen LogP contribution in [0.2, 0.25) is 0 Å². The minimum absolute atomic E-state index is 0.00536. The number of carbonyl (C=O) groups excluding carboxylic acids is 1. The molecule has 4 nitrogen and oxygen atoms in total. The van der Waals surface area contributed by atoms with Gasteiger partial charge in [0.15, 0.2) is 0 Å². The maximum absolute atomic E-state index is 12.2. The highest BCUT2D eigenvalue weighted by molar-refractivity contribution is 9.10. The number of fused-ring (bicyclic) bond motifs is 1. The molecule has 0 amide bonds. The topological polar surface area (TPSA) is 47.6 Å². The quantitative estimate of drug-likeness (QED) is 0.762. The van der Waals surface area contributed by atoms with E-state index in [0.717, 1.165) is 48.3 Å². The summed E-state index contributed by atoms with van der Waals surface area (Å²) in [5.74, 6) is 1.03. The maximum Gasteiger partial charge on any atom is 0.332 e. The minimum Gasteiger partial charge on any atom is -0.458 e. The van der Waals surface area contributed by atoms with Crippen LogP contribution in [0.4, 0.5) is 0 Å². The van der Waals surface area contributed by atoms with Crippen LogP contribution in [0.25, 0.3) is 0 Å². The van der Waals surface area contributed by atoms with E-state index in [4.69, 9.17) is 9.47 Å². The van der Waals surface area contributed by atoms with Crippen molar-refractivity contribution in [1.82, 2.24) is 5.32 Å². The Balaban J connectivity index is 1.79. The minimum atomic E-state index is -0.490. The normalized spacial score (nSPS) is 29.3. The van der Waals surface area contributed by atoms with E-state index in [2.05, 4.69) is 33.4 Å². The molecule has 1 saturated heterocycles. The van der Waals surface area contributed by atoms with Crippen LogP contribution in [0.1, 0.15) is 45.6 Å². The van der Waals surface area contributed by atoms with Gasteiger partial charge in [0.25, 0.3) is 0 Å². The van der Waals surface area contributed by atoms with Crippen LogP contribution >= 0.6 is 15.9 Å². The van der Waals surface area contributed by atoms with Gasteiger partial charge in [0.2, 0.25) is 0 Å². The first kappa shape index (κ1) is 18.9. The monoisotopic (exact) mass is 409 g/mol. The summed E-state index contributed by atoms with van der Waals surface area (Å²) in [5.41, 5.74) is 0.250. The number of hydrogen-bond donors (Lipinski definition) is 1. The smallest absolute Gasteiger partial charge is 0.332 e. The zero-order valence-electron chi connectivity index (χ0n) is 15.3. The third-order valence-electron chi connectivity index (χ3n) is 5.23. The fraction of sp³-hybridized carbons (Fsp3) is 0.650. The molecule has 2 fully saturated rings. The number of esters is 1. The SMILES string of the molecule is CC(C)(C)OC(=O)COC1(c2cccc(Br)c2)CCC2CNCC2C1. The summed E-state index contributed by atoms with van der Waals surface area (Å²) in [5, 5.41) is 3.50. The van der Waals surface area contributed by atoms with Crippen LogP contribution in [-0.2, 0) is 19.9 Å². The van der Waals surface area contributed by atoms with Crippen LogP contribution in [0.5, 0.6) is 0 Å². The molecule has 1 aliphatic heterocycles. The number of nitrogens with one attached hydrogen (secondary N) is 1. The maximum atomic E-state index is 12.2. The van der Waals surface area contributed by atoms with Crippen molar-refractivity contribution >= 4 is 21.9 Å². The molecule has 138 valence electrons. The molecule has 0 spiro atoms. The molecular weight excluding hydrogens is 382 g/mol. The van der Waals surface area contributed by atoms with E-state index in [1.54, 1.807) is 0 Å². The van der Waals surface area contributed by atoms with Gasteiger partial charge in [-0.25, -0.2) is 4.79 Å². The van der Waals surface area contributed by atoms with E-state index in [9.17, 15) is 4.79 Å². The number of halogens is 1. The Morgan fingerprint density at radius 2 is 2.08 bits per heavy atom. The molecule has 1 aliphatic carbocycles. The Morgan fingerprint density at radius 3 is 2.80 bits per heavy atom. The largest absolute Gasteiger partial charge is 0.458 e. The molecule has 1 N–H and O–H groups in total. The molecule has 1 heterocycles. The van der Waals surface area contributed by atoms with E-state index < -0.39 is 11.2 Å². The lowest BCUT2D eigenvalue weighted by molar-refractivity contribution is -0.172. The zero-order valence-corrected chi connectivity index (χ0v) is 16.9. The van der Waals surface area contributed by atoms with Gasteiger partial charge < -0.3 is 14.8 Å². The second kappa shape index (κ2) is 7.37. The summed E-state index contributed by atoms with van der Waals surface area (Å²) in [6.45, 7) is 7.77. The molecule has 1 saturated carbocycles. The van der Waals surface area contributed by atoms with Gasteiger partial charge in [-0.2, -0.15) is 0 Å². The van der Waals surface area contributed by atoms with Crippen LogP contribution in [0.3, 0.4) is 0 Å². The Kier molecular flexibility index (Phi) is 5.57. The molecule has 3 rings (SSSR count). The fourth-order valence-electron chi connectivity index (χ4n) is 4.12. The molecule has 3 unspecified atom stereocenters. The van der Waals surface area contributed by atoms with Gasteiger partial charge in [0.05, 0.1) is 5.60 Å². The molecule has 0 bridgehead atoms.